The van der Waals surface area contributed by atoms with Crippen LogP contribution in [0, 0.1) is 0 Å². The standard InChI is InChI=1S/C10H13NO2S/c1-2-11-9-7-14(12,13)10-6-4-3-5-8(9)10/h3-6,9,11H,2,7H2,1H3. The summed E-state index contributed by atoms with van der Waals surface area (Å²) in [5.41, 5.74) is 0.911. The molecule has 0 aromatic heterocycles. The highest BCUT2D eigenvalue weighted by Gasteiger charge is 2.33. The van der Waals surface area contributed by atoms with E-state index in [1.54, 1.807) is 12.1 Å². The minimum Gasteiger partial charge on any atom is -0.309 e. The van der Waals surface area contributed by atoms with Crippen molar-refractivity contribution in [3.05, 3.63) is 29.8 Å². The molecule has 3 nitrogen and oxygen atoms in total. The molecule has 14 heavy (non-hydrogen) atoms. The van der Waals surface area contributed by atoms with Crippen molar-refractivity contribution in [2.75, 3.05) is 12.3 Å². The third-order valence-electron chi connectivity index (χ3n) is 2.47. The molecule has 0 bridgehead atoms. The van der Waals surface area contributed by atoms with Gasteiger partial charge in [-0.15, -0.1) is 0 Å². The summed E-state index contributed by atoms with van der Waals surface area (Å²) in [6, 6.07) is 7.19. The summed E-state index contributed by atoms with van der Waals surface area (Å²) in [4.78, 5) is 0.492. The van der Waals surface area contributed by atoms with E-state index in [4.69, 9.17) is 0 Å². The molecule has 1 aromatic rings. The lowest BCUT2D eigenvalue weighted by Crippen LogP contribution is -2.22. The zero-order valence-electron chi connectivity index (χ0n) is 8.03. The van der Waals surface area contributed by atoms with Gasteiger partial charge in [-0.1, -0.05) is 25.1 Å². The van der Waals surface area contributed by atoms with Crippen LogP contribution < -0.4 is 5.32 Å². The van der Waals surface area contributed by atoms with Gasteiger partial charge in [0, 0.05) is 6.04 Å². The molecule has 1 aromatic carbocycles. The van der Waals surface area contributed by atoms with E-state index in [1.807, 2.05) is 19.1 Å². The number of hydrogen-bond donors (Lipinski definition) is 1. The number of fused-ring (bicyclic) bond motifs is 1. The smallest absolute Gasteiger partial charge is 0.180 e. The fourth-order valence-corrected chi connectivity index (χ4v) is 3.64. The molecule has 0 aliphatic carbocycles. The van der Waals surface area contributed by atoms with Crippen molar-refractivity contribution in [3.8, 4) is 0 Å². The molecule has 1 unspecified atom stereocenters. The molecule has 1 aliphatic heterocycles. The van der Waals surface area contributed by atoms with Crippen molar-refractivity contribution in [2.24, 2.45) is 0 Å². The number of rotatable bonds is 2. The fourth-order valence-electron chi connectivity index (χ4n) is 1.87. The molecule has 0 saturated heterocycles. The molecule has 0 amide bonds. The van der Waals surface area contributed by atoms with Crippen LogP contribution in [0.25, 0.3) is 0 Å². The first-order chi connectivity index (χ1) is 6.65. The van der Waals surface area contributed by atoms with Gasteiger partial charge in [0.15, 0.2) is 9.84 Å². The first-order valence-corrected chi connectivity index (χ1v) is 6.35. The van der Waals surface area contributed by atoms with Crippen LogP contribution in [0.1, 0.15) is 18.5 Å². The van der Waals surface area contributed by atoms with Crippen molar-refractivity contribution in [1.82, 2.24) is 5.32 Å². The number of benzene rings is 1. The first kappa shape index (κ1) is 9.68. The summed E-state index contributed by atoms with van der Waals surface area (Å²) < 4.78 is 23.4. The van der Waals surface area contributed by atoms with Crippen molar-refractivity contribution < 1.29 is 8.42 Å². The second kappa shape index (κ2) is 3.37. The molecule has 4 heteroatoms. The maximum Gasteiger partial charge on any atom is 0.180 e. The van der Waals surface area contributed by atoms with Crippen molar-refractivity contribution in [2.45, 2.75) is 17.9 Å². The summed E-state index contributed by atoms with van der Waals surface area (Å²) in [5.74, 6) is 0.195. The van der Waals surface area contributed by atoms with Gasteiger partial charge in [-0.2, -0.15) is 0 Å². The van der Waals surface area contributed by atoms with Crippen molar-refractivity contribution in [3.63, 3.8) is 0 Å². The van der Waals surface area contributed by atoms with Crippen LogP contribution in [-0.4, -0.2) is 20.7 Å². The van der Waals surface area contributed by atoms with E-state index < -0.39 is 9.84 Å². The highest BCUT2D eigenvalue weighted by atomic mass is 32.2. The summed E-state index contributed by atoms with van der Waals surface area (Å²) in [7, 11) is -3.04. The number of hydrogen-bond acceptors (Lipinski definition) is 3. The Morgan fingerprint density at radius 3 is 2.86 bits per heavy atom. The Morgan fingerprint density at radius 1 is 1.43 bits per heavy atom. The minimum absolute atomic E-state index is 0.0267. The van der Waals surface area contributed by atoms with Crippen molar-refractivity contribution in [1.29, 1.82) is 0 Å². The highest BCUT2D eigenvalue weighted by molar-refractivity contribution is 7.91. The highest BCUT2D eigenvalue weighted by Crippen LogP contribution is 2.32. The van der Waals surface area contributed by atoms with Gasteiger partial charge in [-0.25, -0.2) is 8.42 Å². The molecule has 76 valence electrons. The van der Waals surface area contributed by atoms with Gasteiger partial charge in [0.25, 0.3) is 0 Å². The van der Waals surface area contributed by atoms with E-state index in [2.05, 4.69) is 5.32 Å². The van der Waals surface area contributed by atoms with Crippen LogP contribution in [0.5, 0.6) is 0 Å². The third kappa shape index (κ3) is 1.44. The SMILES string of the molecule is CCNC1CS(=O)(=O)c2ccccc21. The van der Waals surface area contributed by atoms with Gasteiger partial charge in [-0.3, -0.25) is 0 Å². The molecule has 1 N–H and O–H groups in total. The van der Waals surface area contributed by atoms with E-state index in [9.17, 15) is 8.42 Å². The van der Waals surface area contributed by atoms with Gasteiger partial charge < -0.3 is 5.32 Å². The Balaban J connectivity index is 2.50. The average molecular weight is 211 g/mol. The molecule has 0 radical (unpaired) electrons. The average Bonchev–Trinajstić information content (AvgIpc) is 2.41. The van der Waals surface area contributed by atoms with Crippen LogP contribution >= 0.6 is 0 Å². The minimum atomic E-state index is -3.04. The largest absolute Gasteiger partial charge is 0.309 e. The van der Waals surface area contributed by atoms with Gasteiger partial charge in [0.2, 0.25) is 0 Å². The van der Waals surface area contributed by atoms with Gasteiger partial charge >= 0.3 is 0 Å². The van der Waals surface area contributed by atoms with Crippen LogP contribution in [0.3, 0.4) is 0 Å². The van der Waals surface area contributed by atoms with E-state index >= 15 is 0 Å². The van der Waals surface area contributed by atoms with Crippen molar-refractivity contribution >= 4 is 9.84 Å². The van der Waals surface area contributed by atoms with Gasteiger partial charge in [-0.05, 0) is 18.2 Å². The Hall–Kier alpha value is -0.870. The normalized spacial score (nSPS) is 23.4. The Morgan fingerprint density at radius 2 is 2.14 bits per heavy atom. The lowest BCUT2D eigenvalue weighted by atomic mass is 10.1. The molecule has 0 spiro atoms. The molecule has 1 atom stereocenters. The lowest BCUT2D eigenvalue weighted by molar-refractivity contribution is 0.579. The van der Waals surface area contributed by atoms with Crippen LogP contribution in [0.4, 0.5) is 0 Å². The Kier molecular flexibility index (Phi) is 2.33. The molecular weight excluding hydrogens is 198 g/mol. The topological polar surface area (TPSA) is 46.2 Å². The van der Waals surface area contributed by atoms with E-state index in [0.29, 0.717) is 4.90 Å². The number of sulfone groups is 1. The summed E-state index contributed by atoms with van der Waals surface area (Å²) >= 11 is 0. The molecule has 0 saturated carbocycles. The summed E-state index contributed by atoms with van der Waals surface area (Å²) in [6.45, 7) is 2.77. The fraction of sp³-hybridized carbons (Fsp3) is 0.400. The van der Waals surface area contributed by atoms with Gasteiger partial charge in [0.05, 0.1) is 10.6 Å². The molecular formula is C10H13NO2S. The zero-order chi connectivity index (χ0) is 10.2. The maximum atomic E-state index is 11.7. The zero-order valence-corrected chi connectivity index (χ0v) is 8.84. The van der Waals surface area contributed by atoms with Crippen LogP contribution in [0.15, 0.2) is 29.2 Å². The van der Waals surface area contributed by atoms with Gasteiger partial charge in [0.1, 0.15) is 0 Å². The number of nitrogens with one attached hydrogen (secondary N) is 1. The Bertz CT molecular complexity index is 439. The van der Waals surface area contributed by atoms with Crippen LogP contribution in [0.2, 0.25) is 0 Å². The Labute approximate surface area is 84.1 Å². The maximum absolute atomic E-state index is 11.7. The second-order valence-corrected chi connectivity index (χ2v) is 5.43. The quantitative estimate of drug-likeness (QED) is 0.797. The monoisotopic (exact) mass is 211 g/mol. The predicted molar refractivity (Wildman–Crippen MR) is 54.9 cm³/mol. The van der Waals surface area contributed by atoms with E-state index in [-0.39, 0.29) is 11.8 Å². The van der Waals surface area contributed by atoms with E-state index in [1.165, 1.54) is 0 Å². The van der Waals surface area contributed by atoms with Crippen LogP contribution in [-0.2, 0) is 9.84 Å². The molecule has 0 fully saturated rings. The summed E-state index contributed by atoms with van der Waals surface area (Å²) in [6.07, 6.45) is 0. The second-order valence-electron chi connectivity index (χ2n) is 3.43. The summed E-state index contributed by atoms with van der Waals surface area (Å²) in [5, 5.41) is 3.18. The molecule has 1 heterocycles. The molecule has 1 aliphatic rings. The lowest BCUT2D eigenvalue weighted by Gasteiger charge is -2.09. The first-order valence-electron chi connectivity index (χ1n) is 4.70. The third-order valence-corrected chi connectivity index (χ3v) is 4.28. The van der Waals surface area contributed by atoms with E-state index in [0.717, 1.165) is 12.1 Å². The predicted octanol–water partition coefficient (Wildman–Crippen LogP) is 1.12. The molecule has 2 rings (SSSR count).